The van der Waals surface area contributed by atoms with Crippen molar-refractivity contribution in [2.24, 2.45) is 0 Å². The van der Waals surface area contributed by atoms with Gasteiger partial charge in [-0.1, -0.05) is 48.5 Å². The van der Waals surface area contributed by atoms with Crippen LogP contribution in [0.3, 0.4) is 0 Å². The van der Waals surface area contributed by atoms with Gasteiger partial charge < -0.3 is 9.47 Å². The predicted molar refractivity (Wildman–Crippen MR) is 134 cm³/mol. The molecule has 0 unspecified atom stereocenters. The van der Waals surface area contributed by atoms with Gasteiger partial charge in [-0.15, -0.1) is 0 Å². The summed E-state index contributed by atoms with van der Waals surface area (Å²) < 4.78 is 11.8. The monoisotopic (exact) mass is 450 g/mol. The fourth-order valence-electron chi connectivity index (χ4n) is 3.84. The van der Waals surface area contributed by atoms with Crippen LogP contribution >= 0.6 is 0 Å². The number of hydrogen-bond acceptors (Lipinski definition) is 4. The highest BCUT2D eigenvalue weighted by atomic mass is 16.5. The standard InChI is InChI=1S/C30H26O4/c1-19-15-17-25(33-29(31)23-11-7-5-8-12-23)27(21(19)3)28-22(4)20(2)16-18-26(28)34-30(32)24-13-9-6-10-14-24/h5-18H,1-4H3. The SMILES string of the molecule is Cc1ccc(OC(=O)c2ccccc2)c(-c2c(OC(=O)c3ccccc3)ccc(C)c2C)c1C. The molecule has 0 heterocycles. The summed E-state index contributed by atoms with van der Waals surface area (Å²) >= 11 is 0. The second-order valence-corrected chi connectivity index (χ2v) is 8.27. The van der Waals surface area contributed by atoms with Crippen LogP contribution < -0.4 is 9.47 Å². The van der Waals surface area contributed by atoms with Gasteiger partial charge in [0.2, 0.25) is 0 Å². The molecule has 0 bridgehead atoms. The van der Waals surface area contributed by atoms with Crippen molar-refractivity contribution in [2.75, 3.05) is 0 Å². The van der Waals surface area contributed by atoms with Gasteiger partial charge >= 0.3 is 11.9 Å². The lowest BCUT2D eigenvalue weighted by Crippen LogP contribution is -2.12. The Labute approximate surface area is 199 Å². The summed E-state index contributed by atoms with van der Waals surface area (Å²) in [6.45, 7) is 7.97. The molecule has 34 heavy (non-hydrogen) atoms. The van der Waals surface area contributed by atoms with E-state index in [1.807, 2.05) is 52.0 Å². The number of benzene rings is 4. The molecule has 0 amide bonds. The molecule has 0 aliphatic rings. The molecule has 0 N–H and O–H groups in total. The van der Waals surface area contributed by atoms with Gasteiger partial charge in [0.15, 0.2) is 0 Å². The van der Waals surface area contributed by atoms with Crippen LogP contribution in [0.25, 0.3) is 11.1 Å². The number of carbonyl (C=O) groups excluding carboxylic acids is 2. The molecule has 0 aliphatic heterocycles. The largest absolute Gasteiger partial charge is 0.422 e. The number of hydrogen-bond donors (Lipinski definition) is 0. The first kappa shape index (κ1) is 23.0. The molecule has 4 rings (SSSR count). The van der Waals surface area contributed by atoms with Gasteiger partial charge in [0, 0.05) is 11.1 Å². The molecule has 0 aliphatic carbocycles. The maximum absolute atomic E-state index is 12.9. The average molecular weight is 451 g/mol. The topological polar surface area (TPSA) is 52.6 Å². The first-order valence-corrected chi connectivity index (χ1v) is 11.1. The molecular weight excluding hydrogens is 424 g/mol. The number of rotatable bonds is 5. The normalized spacial score (nSPS) is 10.6. The van der Waals surface area contributed by atoms with Crippen LogP contribution in [0.4, 0.5) is 0 Å². The minimum atomic E-state index is -0.446. The number of aryl methyl sites for hydroxylation is 2. The Balaban J connectivity index is 1.84. The summed E-state index contributed by atoms with van der Waals surface area (Å²) in [5.74, 6) is -0.0539. The van der Waals surface area contributed by atoms with Crippen LogP contribution in [0.1, 0.15) is 43.0 Å². The molecule has 170 valence electrons. The van der Waals surface area contributed by atoms with E-state index in [1.165, 1.54) is 0 Å². The van der Waals surface area contributed by atoms with E-state index in [0.29, 0.717) is 22.6 Å². The van der Waals surface area contributed by atoms with Gasteiger partial charge in [-0.3, -0.25) is 0 Å². The zero-order chi connectivity index (χ0) is 24.2. The zero-order valence-corrected chi connectivity index (χ0v) is 19.7. The number of carbonyl (C=O) groups is 2. The third-order valence-electron chi connectivity index (χ3n) is 6.07. The van der Waals surface area contributed by atoms with Gasteiger partial charge in [0.25, 0.3) is 0 Å². The van der Waals surface area contributed by atoms with E-state index in [1.54, 1.807) is 60.7 Å². The molecule has 0 atom stereocenters. The van der Waals surface area contributed by atoms with E-state index in [0.717, 1.165) is 33.4 Å². The fraction of sp³-hybridized carbons (Fsp3) is 0.133. The molecule has 4 heteroatoms. The van der Waals surface area contributed by atoms with Crippen molar-refractivity contribution in [3.8, 4) is 22.6 Å². The van der Waals surface area contributed by atoms with E-state index < -0.39 is 11.9 Å². The van der Waals surface area contributed by atoms with Crippen molar-refractivity contribution >= 4 is 11.9 Å². The lowest BCUT2D eigenvalue weighted by atomic mass is 9.90. The second-order valence-electron chi connectivity index (χ2n) is 8.27. The Kier molecular flexibility index (Phi) is 6.60. The van der Waals surface area contributed by atoms with E-state index in [2.05, 4.69) is 0 Å². The molecular formula is C30H26O4. The first-order chi connectivity index (χ1) is 16.4. The van der Waals surface area contributed by atoms with E-state index in [-0.39, 0.29) is 0 Å². The second kappa shape index (κ2) is 9.75. The van der Waals surface area contributed by atoms with Gasteiger partial charge in [0.1, 0.15) is 11.5 Å². The minimum absolute atomic E-state index is 0.419. The molecule has 0 fully saturated rings. The van der Waals surface area contributed by atoms with Crippen molar-refractivity contribution in [3.05, 3.63) is 118 Å². The quantitative estimate of drug-likeness (QED) is 0.242. The maximum Gasteiger partial charge on any atom is 0.343 e. The summed E-state index contributed by atoms with van der Waals surface area (Å²) in [6.07, 6.45) is 0. The smallest absolute Gasteiger partial charge is 0.343 e. The molecule has 0 spiro atoms. The Morgan fingerprint density at radius 2 is 0.853 bits per heavy atom. The van der Waals surface area contributed by atoms with Gasteiger partial charge in [0.05, 0.1) is 11.1 Å². The molecule has 0 radical (unpaired) electrons. The van der Waals surface area contributed by atoms with Crippen LogP contribution in [0, 0.1) is 27.7 Å². The van der Waals surface area contributed by atoms with Crippen LogP contribution in [0.5, 0.6) is 11.5 Å². The van der Waals surface area contributed by atoms with Crippen LogP contribution in [0.15, 0.2) is 84.9 Å². The Bertz CT molecular complexity index is 1250. The highest BCUT2D eigenvalue weighted by molar-refractivity contribution is 5.95. The van der Waals surface area contributed by atoms with Crippen LogP contribution in [0.2, 0.25) is 0 Å². The predicted octanol–water partition coefficient (Wildman–Crippen LogP) is 7.03. The van der Waals surface area contributed by atoms with Gasteiger partial charge in [-0.05, 0) is 86.3 Å². The number of esters is 2. The summed E-state index contributed by atoms with van der Waals surface area (Å²) in [5, 5.41) is 0. The molecule has 0 aromatic heterocycles. The Morgan fingerprint density at radius 1 is 0.500 bits per heavy atom. The highest BCUT2D eigenvalue weighted by Gasteiger charge is 2.23. The molecule has 0 saturated heterocycles. The van der Waals surface area contributed by atoms with Crippen molar-refractivity contribution in [3.63, 3.8) is 0 Å². The lowest BCUT2D eigenvalue weighted by Gasteiger charge is -2.20. The molecule has 4 nitrogen and oxygen atoms in total. The summed E-state index contributed by atoms with van der Waals surface area (Å²) in [6, 6.07) is 25.2. The third-order valence-corrected chi connectivity index (χ3v) is 6.07. The highest BCUT2D eigenvalue weighted by Crippen LogP contribution is 2.43. The van der Waals surface area contributed by atoms with Crippen LogP contribution in [-0.2, 0) is 0 Å². The Morgan fingerprint density at radius 3 is 1.21 bits per heavy atom. The van der Waals surface area contributed by atoms with E-state index in [9.17, 15) is 9.59 Å². The van der Waals surface area contributed by atoms with E-state index >= 15 is 0 Å². The average Bonchev–Trinajstić information content (AvgIpc) is 2.86. The van der Waals surface area contributed by atoms with Gasteiger partial charge in [-0.2, -0.15) is 0 Å². The van der Waals surface area contributed by atoms with Crippen LogP contribution in [-0.4, -0.2) is 11.9 Å². The van der Waals surface area contributed by atoms with Gasteiger partial charge in [-0.25, -0.2) is 9.59 Å². The zero-order valence-electron chi connectivity index (χ0n) is 19.7. The number of ether oxygens (including phenoxy) is 2. The minimum Gasteiger partial charge on any atom is -0.422 e. The third kappa shape index (κ3) is 4.62. The fourth-order valence-corrected chi connectivity index (χ4v) is 3.84. The molecule has 0 saturated carbocycles. The summed E-state index contributed by atoms with van der Waals surface area (Å²) in [7, 11) is 0. The van der Waals surface area contributed by atoms with E-state index in [4.69, 9.17) is 9.47 Å². The first-order valence-electron chi connectivity index (χ1n) is 11.1. The van der Waals surface area contributed by atoms with Crippen molar-refractivity contribution in [1.29, 1.82) is 0 Å². The lowest BCUT2D eigenvalue weighted by molar-refractivity contribution is 0.0723. The van der Waals surface area contributed by atoms with Crippen molar-refractivity contribution < 1.29 is 19.1 Å². The van der Waals surface area contributed by atoms with Crippen molar-refractivity contribution in [2.45, 2.75) is 27.7 Å². The van der Waals surface area contributed by atoms with Crippen molar-refractivity contribution in [1.82, 2.24) is 0 Å². The summed E-state index contributed by atoms with van der Waals surface area (Å²) in [4.78, 5) is 25.8. The molecule has 4 aromatic rings. The summed E-state index contributed by atoms with van der Waals surface area (Å²) in [5.41, 5.74) is 6.37. The maximum atomic E-state index is 12.9. The Hall–Kier alpha value is -4.18. The molecule has 4 aromatic carbocycles.